The molecule has 0 saturated carbocycles. The molecule has 0 aliphatic rings. The highest BCUT2D eigenvalue weighted by molar-refractivity contribution is 5.85. The van der Waals surface area contributed by atoms with Crippen molar-refractivity contribution >= 4 is 16.9 Å². The number of anilines is 1. The van der Waals surface area contributed by atoms with Gasteiger partial charge in [0.2, 0.25) is 0 Å². The van der Waals surface area contributed by atoms with E-state index in [1.807, 2.05) is 13.8 Å². The number of nitrogen functional groups attached to an aromatic ring is 1. The molecule has 0 bridgehead atoms. The van der Waals surface area contributed by atoms with E-state index in [1.54, 1.807) is 10.9 Å². The van der Waals surface area contributed by atoms with Gasteiger partial charge >= 0.3 is 0 Å². The summed E-state index contributed by atoms with van der Waals surface area (Å²) in [4.78, 5) is 8.14. The van der Waals surface area contributed by atoms with Gasteiger partial charge in [-0.15, -0.1) is 0 Å². The number of hydrogen-bond donors (Lipinski definition) is 2. The first-order valence-electron chi connectivity index (χ1n) is 5.14. The van der Waals surface area contributed by atoms with E-state index in [2.05, 4.69) is 25.3 Å². The maximum Gasteiger partial charge on any atom is 0.168 e. The molecule has 3 aromatic rings. The van der Waals surface area contributed by atoms with Gasteiger partial charge in [-0.1, -0.05) is 0 Å². The van der Waals surface area contributed by atoms with E-state index in [0.717, 1.165) is 22.5 Å². The molecule has 7 nitrogen and oxygen atoms in total. The summed E-state index contributed by atoms with van der Waals surface area (Å²) in [7, 11) is 0. The Balaban J connectivity index is 2.36. The highest BCUT2D eigenvalue weighted by atomic mass is 15.3. The number of aromatic amines is 1. The lowest BCUT2D eigenvalue weighted by Gasteiger charge is -2.02. The molecule has 0 amide bonds. The van der Waals surface area contributed by atoms with Crippen LogP contribution in [0.15, 0.2) is 12.5 Å². The van der Waals surface area contributed by atoms with Gasteiger partial charge in [0.05, 0.1) is 23.0 Å². The number of aromatic nitrogens is 6. The fraction of sp³-hybridized carbons (Fsp3) is 0.200. The van der Waals surface area contributed by atoms with Gasteiger partial charge in [0.15, 0.2) is 5.65 Å². The minimum absolute atomic E-state index is 0.431. The smallest absolute Gasteiger partial charge is 0.168 e. The third-order valence-electron chi connectivity index (χ3n) is 2.70. The van der Waals surface area contributed by atoms with Crippen LogP contribution in [0.2, 0.25) is 0 Å². The fourth-order valence-corrected chi connectivity index (χ4v) is 1.88. The van der Waals surface area contributed by atoms with Crippen LogP contribution >= 0.6 is 0 Å². The van der Waals surface area contributed by atoms with E-state index >= 15 is 0 Å². The monoisotopic (exact) mass is 229 g/mol. The van der Waals surface area contributed by atoms with Gasteiger partial charge in [0.25, 0.3) is 0 Å². The second kappa shape index (κ2) is 3.27. The number of hydrogen-bond acceptors (Lipinski definition) is 5. The second-order valence-electron chi connectivity index (χ2n) is 3.84. The molecule has 0 unspecified atom stereocenters. The number of nitrogens with two attached hydrogens (primary N) is 1. The maximum absolute atomic E-state index is 5.77. The van der Waals surface area contributed by atoms with E-state index < -0.39 is 0 Å². The lowest BCUT2D eigenvalue weighted by Crippen LogP contribution is -2.01. The molecule has 17 heavy (non-hydrogen) atoms. The Morgan fingerprint density at radius 1 is 1.29 bits per heavy atom. The minimum Gasteiger partial charge on any atom is -0.383 e. The SMILES string of the molecule is Cc1n[nH]c(C)c1-n1ncc2c(N)ncnc21. The summed E-state index contributed by atoms with van der Waals surface area (Å²) < 4.78 is 1.72. The summed E-state index contributed by atoms with van der Waals surface area (Å²) in [5, 5.41) is 12.1. The highest BCUT2D eigenvalue weighted by Crippen LogP contribution is 2.22. The first kappa shape index (κ1) is 9.76. The van der Waals surface area contributed by atoms with Gasteiger partial charge in [0, 0.05) is 0 Å². The van der Waals surface area contributed by atoms with Crippen molar-refractivity contribution in [2.24, 2.45) is 0 Å². The molecule has 0 aliphatic carbocycles. The molecular weight excluding hydrogens is 218 g/mol. The lowest BCUT2D eigenvalue weighted by atomic mass is 10.3. The van der Waals surface area contributed by atoms with E-state index in [9.17, 15) is 0 Å². The van der Waals surface area contributed by atoms with Crippen molar-refractivity contribution in [3.05, 3.63) is 23.9 Å². The molecule has 0 aromatic carbocycles. The molecule has 86 valence electrons. The summed E-state index contributed by atoms with van der Waals surface area (Å²) in [6.45, 7) is 3.85. The third kappa shape index (κ3) is 1.28. The van der Waals surface area contributed by atoms with Crippen molar-refractivity contribution in [1.29, 1.82) is 0 Å². The van der Waals surface area contributed by atoms with Gasteiger partial charge in [-0.3, -0.25) is 5.10 Å². The second-order valence-corrected chi connectivity index (χ2v) is 3.84. The third-order valence-corrected chi connectivity index (χ3v) is 2.70. The molecule has 3 aromatic heterocycles. The van der Waals surface area contributed by atoms with Crippen molar-refractivity contribution in [2.45, 2.75) is 13.8 Å². The van der Waals surface area contributed by atoms with Gasteiger partial charge in [-0.05, 0) is 13.8 Å². The highest BCUT2D eigenvalue weighted by Gasteiger charge is 2.14. The molecule has 3 N–H and O–H groups in total. The van der Waals surface area contributed by atoms with Crippen LogP contribution < -0.4 is 5.73 Å². The fourth-order valence-electron chi connectivity index (χ4n) is 1.88. The summed E-state index contributed by atoms with van der Waals surface area (Å²) in [5.41, 5.74) is 9.16. The van der Waals surface area contributed by atoms with Crippen LogP contribution in [0.1, 0.15) is 11.4 Å². The topological polar surface area (TPSA) is 98.3 Å². The molecular formula is C10H11N7. The number of nitrogens with one attached hydrogen (secondary N) is 1. The van der Waals surface area contributed by atoms with E-state index in [1.165, 1.54) is 6.33 Å². The Hall–Kier alpha value is -2.44. The summed E-state index contributed by atoms with van der Waals surface area (Å²) in [6, 6.07) is 0. The van der Waals surface area contributed by atoms with Crippen LogP contribution in [-0.2, 0) is 0 Å². The zero-order valence-electron chi connectivity index (χ0n) is 9.47. The predicted octanol–water partition coefficient (Wildman–Crippen LogP) is 0.738. The van der Waals surface area contributed by atoms with E-state index in [4.69, 9.17) is 5.73 Å². The molecule has 0 aliphatic heterocycles. The first-order chi connectivity index (χ1) is 8.18. The van der Waals surface area contributed by atoms with Gasteiger partial charge in [0.1, 0.15) is 17.8 Å². The summed E-state index contributed by atoms with van der Waals surface area (Å²) >= 11 is 0. The van der Waals surface area contributed by atoms with Crippen LogP contribution in [0.5, 0.6) is 0 Å². The van der Waals surface area contributed by atoms with Gasteiger partial charge in [-0.2, -0.15) is 10.2 Å². The molecule has 0 fully saturated rings. The predicted molar refractivity (Wildman–Crippen MR) is 62.7 cm³/mol. The first-order valence-corrected chi connectivity index (χ1v) is 5.14. The Morgan fingerprint density at radius 3 is 2.82 bits per heavy atom. The zero-order chi connectivity index (χ0) is 12.0. The molecule has 3 heterocycles. The molecule has 0 saturated heterocycles. The largest absolute Gasteiger partial charge is 0.383 e. The average molecular weight is 229 g/mol. The van der Waals surface area contributed by atoms with Crippen molar-refractivity contribution in [3.8, 4) is 5.69 Å². The Bertz CT molecular complexity index is 674. The molecule has 0 spiro atoms. The number of H-pyrrole nitrogens is 1. The number of aryl methyl sites for hydroxylation is 2. The summed E-state index contributed by atoms with van der Waals surface area (Å²) in [6.07, 6.45) is 3.09. The molecule has 7 heteroatoms. The molecule has 0 atom stereocenters. The normalized spacial score (nSPS) is 11.2. The Labute approximate surface area is 96.7 Å². The quantitative estimate of drug-likeness (QED) is 0.641. The summed E-state index contributed by atoms with van der Waals surface area (Å²) in [5.74, 6) is 0.431. The zero-order valence-corrected chi connectivity index (χ0v) is 9.47. The van der Waals surface area contributed by atoms with Crippen molar-refractivity contribution in [3.63, 3.8) is 0 Å². The lowest BCUT2D eigenvalue weighted by molar-refractivity contribution is 0.880. The Kier molecular flexibility index (Phi) is 1.88. The van der Waals surface area contributed by atoms with Crippen LogP contribution in [0.4, 0.5) is 5.82 Å². The van der Waals surface area contributed by atoms with E-state index in [0.29, 0.717) is 11.5 Å². The van der Waals surface area contributed by atoms with Crippen LogP contribution in [0, 0.1) is 13.8 Å². The van der Waals surface area contributed by atoms with Crippen LogP contribution in [-0.4, -0.2) is 29.9 Å². The van der Waals surface area contributed by atoms with Gasteiger partial charge < -0.3 is 5.73 Å². The van der Waals surface area contributed by atoms with Crippen LogP contribution in [0.3, 0.4) is 0 Å². The number of nitrogens with zero attached hydrogens (tertiary/aromatic N) is 5. The number of fused-ring (bicyclic) bond motifs is 1. The molecule has 3 rings (SSSR count). The minimum atomic E-state index is 0.431. The van der Waals surface area contributed by atoms with Gasteiger partial charge in [-0.25, -0.2) is 14.6 Å². The molecule has 0 radical (unpaired) electrons. The Morgan fingerprint density at radius 2 is 2.12 bits per heavy atom. The maximum atomic E-state index is 5.77. The standard InChI is InChI=1S/C10H11N7/c1-5-8(6(2)16-15-5)17-10-7(3-14-17)9(11)12-4-13-10/h3-4H,1-2H3,(H,15,16)(H2,11,12,13). The van der Waals surface area contributed by atoms with Crippen molar-refractivity contribution in [1.82, 2.24) is 29.9 Å². The van der Waals surface area contributed by atoms with Crippen LogP contribution in [0.25, 0.3) is 16.7 Å². The average Bonchev–Trinajstić information content (AvgIpc) is 2.84. The van der Waals surface area contributed by atoms with Crippen molar-refractivity contribution in [2.75, 3.05) is 5.73 Å². The number of rotatable bonds is 1. The van der Waals surface area contributed by atoms with E-state index in [-0.39, 0.29) is 0 Å². The van der Waals surface area contributed by atoms with Crippen molar-refractivity contribution < 1.29 is 0 Å².